The molecule has 15 heavy (non-hydrogen) atoms. The van der Waals surface area contributed by atoms with Crippen molar-refractivity contribution in [2.75, 3.05) is 12.3 Å². The molecule has 2 bridgehead atoms. The first-order valence-electron chi connectivity index (χ1n) is 5.90. The van der Waals surface area contributed by atoms with Gasteiger partial charge in [-0.3, -0.25) is 4.90 Å². The van der Waals surface area contributed by atoms with Gasteiger partial charge in [0.25, 0.3) is 0 Å². The fourth-order valence-corrected chi connectivity index (χ4v) is 3.15. The second kappa shape index (κ2) is 3.53. The van der Waals surface area contributed by atoms with E-state index in [1.807, 2.05) is 6.07 Å². The molecule has 2 unspecified atom stereocenters. The van der Waals surface area contributed by atoms with E-state index in [-0.39, 0.29) is 0 Å². The molecule has 1 heterocycles. The summed E-state index contributed by atoms with van der Waals surface area (Å²) in [4.78, 5) is 2.63. The molecule has 2 atom stereocenters. The van der Waals surface area contributed by atoms with Gasteiger partial charge in [0.1, 0.15) is 0 Å². The zero-order valence-corrected chi connectivity index (χ0v) is 9.02. The Hall–Kier alpha value is -1.02. The average Bonchev–Trinajstić information content (AvgIpc) is 2.79. The maximum Gasteiger partial charge on any atom is 0.0317 e. The third-order valence-corrected chi connectivity index (χ3v) is 3.86. The van der Waals surface area contributed by atoms with Crippen molar-refractivity contribution in [3.8, 4) is 0 Å². The first kappa shape index (κ1) is 9.22. The smallest absolute Gasteiger partial charge is 0.0317 e. The molecule has 2 aliphatic rings. The van der Waals surface area contributed by atoms with Crippen LogP contribution in [0.3, 0.4) is 0 Å². The number of nitrogens with zero attached hydrogens (tertiary/aromatic N) is 1. The fourth-order valence-electron chi connectivity index (χ4n) is 3.15. The molecule has 2 fully saturated rings. The zero-order valence-electron chi connectivity index (χ0n) is 9.02. The minimum absolute atomic E-state index is 0.858. The number of rotatable bonds is 2. The van der Waals surface area contributed by atoms with E-state index in [0.717, 1.165) is 24.2 Å². The van der Waals surface area contributed by atoms with E-state index in [2.05, 4.69) is 23.1 Å². The van der Waals surface area contributed by atoms with E-state index in [1.54, 1.807) is 0 Å². The summed E-state index contributed by atoms with van der Waals surface area (Å²) in [6.07, 6.45) is 4.30. The second-order valence-corrected chi connectivity index (χ2v) is 5.01. The first-order chi connectivity index (χ1) is 7.31. The molecule has 1 aliphatic heterocycles. The van der Waals surface area contributed by atoms with E-state index < -0.39 is 0 Å². The Labute approximate surface area is 91.1 Å². The number of benzene rings is 1. The highest BCUT2D eigenvalue weighted by molar-refractivity contribution is 5.40. The van der Waals surface area contributed by atoms with E-state index in [1.165, 1.54) is 31.4 Å². The van der Waals surface area contributed by atoms with Gasteiger partial charge in [0.05, 0.1) is 0 Å². The Morgan fingerprint density at radius 3 is 2.93 bits per heavy atom. The Balaban J connectivity index is 1.71. The molecule has 1 aliphatic carbocycles. The van der Waals surface area contributed by atoms with Crippen LogP contribution < -0.4 is 5.73 Å². The highest BCUT2D eigenvalue weighted by Crippen LogP contribution is 2.38. The van der Waals surface area contributed by atoms with Gasteiger partial charge in [-0.2, -0.15) is 0 Å². The molecule has 1 aromatic carbocycles. The number of hydrogen-bond acceptors (Lipinski definition) is 2. The minimum atomic E-state index is 0.858. The molecule has 0 spiro atoms. The molecule has 0 aromatic heterocycles. The summed E-state index contributed by atoms with van der Waals surface area (Å²) in [7, 11) is 0. The van der Waals surface area contributed by atoms with Crippen LogP contribution in [0.4, 0.5) is 5.69 Å². The lowest BCUT2D eigenvalue weighted by molar-refractivity contribution is 0.205. The monoisotopic (exact) mass is 202 g/mol. The zero-order chi connectivity index (χ0) is 10.3. The lowest BCUT2D eigenvalue weighted by atomic mass is 10.1. The van der Waals surface area contributed by atoms with Crippen molar-refractivity contribution < 1.29 is 0 Å². The third kappa shape index (κ3) is 1.74. The third-order valence-electron chi connectivity index (χ3n) is 3.86. The van der Waals surface area contributed by atoms with E-state index in [4.69, 9.17) is 5.73 Å². The summed E-state index contributed by atoms with van der Waals surface area (Å²) in [5.41, 5.74) is 8.04. The first-order valence-corrected chi connectivity index (χ1v) is 5.90. The van der Waals surface area contributed by atoms with Crippen LogP contribution in [-0.2, 0) is 6.54 Å². The Morgan fingerprint density at radius 1 is 1.33 bits per heavy atom. The highest BCUT2D eigenvalue weighted by Gasteiger charge is 2.37. The molecule has 2 nitrogen and oxygen atoms in total. The van der Waals surface area contributed by atoms with Gasteiger partial charge in [-0.1, -0.05) is 12.1 Å². The van der Waals surface area contributed by atoms with Crippen LogP contribution in [0.2, 0.25) is 0 Å². The van der Waals surface area contributed by atoms with Crippen molar-refractivity contribution in [2.45, 2.75) is 31.8 Å². The van der Waals surface area contributed by atoms with Gasteiger partial charge in [0.2, 0.25) is 0 Å². The Bertz CT molecular complexity index is 361. The molecule has 0 radical (unpaired) electrons. The topological polar surface area (TPSA) is 29.3 Å². The van der Waals surface area contributed by atoms with Gasteiger partial charge < -0.3 is 5.73 Å². The van der Waals surface area contributed by atoms with Crippen LogP contribution in [-0.4, -0.2) is 17.5 Å². The maximum absolute atomic E-state index is 5.79. The average molecular weight is 202 g/mol. The molecule has 3 rings (SSSR count). The van der Waals surface area contributed by atoms with Crippen LogP contribution >= 0.6 is 0 Å². The quantitative estimate of drug-likeness (QED) is 0.745. The van der Waals surface area contributed by atoms with Gasteiger partial charge in [-0.25, -0.2) is 0 Å². The standard InChI is InChI=1S/C13H18N2/c14-12-3-1-2-10(6-12)8-15-9-11-4-5-13(15)7-11/h1-3,6,11,13H,4-5,7-9,14H2. The van der Waals surface area contributed by atoms with Crippen LogP contribution in [0.1, 0.15) is 24.8 Å². The number of anilines is 1. The van der Waals surface area contributed by atoms with Gasteiger partial charge in [-0.05, 0) is 42.9 Å². The molecule has 80 valence electrons. The van der Waals surface area contributed by atoms with E-state index in [0.29, 0.717) is 0 Å². The van der Waals surface area contributed by atoms with Crippen LogP contribution in [0.5, 0.6) is 0 Å². The lowest BCUT2D eigenvalue weighted by Crippen LogP contribution is -2.31. The van der Waals surface area contributed by atoms with Crippen LogP contribution in [0.25, 0.3) is 0 Å². The van der Waals surface area contributed by atoms with Gasteiger partial charge in [0, 0.05) is 24.8 Å². The Kier molecular flexibility index (Phi) is 2.17. The van der Waals surface area contributed by atoms with Crippen LogP contribution in [0.15, 0.2) is 24.3 Å². The molecule has 0 amide bonds. The largest absolute Gasteiger partial charge is 0.399 e. The van der Waals surface area contributed by atoms with Gasteiger partial charge in [0.15, 0.2) is 0 Å². The van der Waals surface area contributed by atoms with Crippen molar-refractivity contribution in [3.63, 3.8) is 0 Å². The molecule has 1 saturated heterocycles. The maximum atomic E-state index is 5.79. The van der Waals surface area contributed by atoms with E-state index in [9.17, 15) is 0 Å². The summed E-state index contributed by atoms with van der Waals surface area (Å²) in [6, 6.07) is 9.16. The number of nitrogen functional groups attached to an aromatic ring is 1. The minimum Gasteiger partial charge on any atom is -0.399 e. The Morgan fingerprint density at radius 2 is 2.27 bits per heavy atom. The normalized spacial score (nSPS) is 29.9. The molecular weight excluding hydrogens is 184 g/mol. The summed E-state index contributed by atoms with van der Waals surface area (Å²) in [5, 5.41) is 0. The van der Waals surface area contributed by atoms with Gasteiger partial charge in [-0.15, -0.1) is 0 Å². The second-order valence-electron chi connectivity index (χ2n) is 5.01. The number of likely N-dealkylation sites (tertiary alicyclic amines) is 1. The SMILES string of the molecule is Nc1cccc(CN2CC3CCC2C3)c1. The number of piperidine rings is 1. The highest BCUT2D eigenvalue weighted by atomic mass is 15.2. The van der Waals surface area contributed by atoms with Crippen molar-refractivity contribution in [3.05, 3.63) is 29.8 Å². The van der Waals surface area contributed by atoms with Gasteiger partial charge >= 0.3 is 0 Å². The van der Waals surface area contributed by atoms with E-state index >= 15 is 0 Å². The van der Waals surface area contributed by atoms with Crippen LogP contribution in [0, 0.1) is 5.92 Å². The fraction of sp³-hybridized carbons (Fsp3) is 0.538. The number of nitrogens with two attached hydrogens (primary N) is 1. The molecule has 1 saturated carbocycles. The predicted molar refractivity (Wildman–Crippen MR) is 62.4 cm³/mol. The van der Waals surface area contributed by atoms with Crippen molar-refractivity contribution in [1.29, 1.82) is 0 Å². The van der Waals surface area contributed by atoms with Crippen molar-refractivity contribution in [2.24, 2.45) is 5.92 Å². The summed E-state index contributed by atoms with van der Waals surface area (Å²) in [5.74, 6) is 0.982. The molecule has 2 heteroatoms. The van der Waals surface area contributed by atoms with Crippen molar-refractivity contribution in [1.82, 2.24) is 4.90 Å². The summed E-state index contributed by atoms with van der Waals surface area (Å²) < 4.78 is 0. The molecular formula is C13H18N2. The molecule has 2 N–H and O–H groups in total. The predicted octanol–water partition coefficient (Wildman–Crippen LogP) is 2.25. The lowest BCUT2D eigenvalue weighted by Gasteiger charge is -2.26. The number of hydrogen-bond donors (Lipinski definition) is 1. The summed E-state index contributed by atoms with van der Waals surface area (Å²) in [6.45, 7) is 2.39. The molecule has 1 aromatic rings. The van der Waals surface area contributed by atoms with Crippen molar-refractivity contribution >= 4 is 5.69 Å². The summed E-state index contributed by atoms with van der Waals surface area (Å²) >= 11 is 0. The number of fused-ring (bicyclic) bond motifs is 2.